The van der Waals surface area contributed by atoms with E-state index in [4.69, 9.17) is 16.3 Å². The fraction of sp³-hybridized carbons (Fsp3) is 0.294. The third-order valence-corrected chi connectivity index (χ3v) is 3.88. The van der Waals surface area contributed by atoms with Crippen molar-refractivity contribution in [2.24, 2.45) is 0 Å². The summed E-state index contributed by atoms with van der Waals surface area (Å²) >= 11 is 5.78. The van der Waals surface area contributed by atoms with Gasteiger partial charge in [0.1, 0.15) is 11.6 Å². The lowest BCUT2D eigenvalue weighted by atomic mass is 10.1. The van der Waals surface area contributed by atoms with E-state index < -0.39 is 6.09 Å². The maximum atomic E-state index is 11.7. The van der Waals surface area contributed by atoms with E-state index in [9.17, 15) is 4.79 Å². The van der Waals surface area contributed by atoms with Crippen molar-refractivity contribution >= 4 is 23.5 Å². The Morgan fingerprint density at radius 1 is 1.26 bits per heavy atom. The Morgan fingerprint density at radius 2 is 2.09 bits per heavy atom. The molecule has 3 rings (SSSR count). The predicted octanol–water partition coefficient (Wildman–Crippen LogP) is 3.42. The quantitative estimate of drug-likeness (QED) is 0.901. The number of aryl methyl sites for hydroxylation is 1. The molecule has 1 amide bonds. The second kappa shape index (κ2) is 7.33. The number of pyridine rings is 1. The van der Waals surface area contributed by atoms with Gasteiger partial charge in [0.2, 0.25) is 0 Å². The Morgan fingerprint density at radius 3 is 2.91 bits per heavy atom. The van der Waals surface area contributed by atoms with Crippen LogP contribution in [0.15, 0.2) is 36.4 Å². The zero-order valence-corrected chi connectivity index (χ0v) is 13.4. The molecular formula is C17H18ClN3O2. The van der Waals surface area contributed by atoms with Crippen LogP contribution < -0.4 is 15.4 Å². The first-order chi connectivity index (χ1) is 11.2. The number of ether oxygens (including phenoxy) is 1. The van der Waals surface area contributed by atoms with Gasteiger partial charge in [-0.3, -0.25) is 0 Å². The summed E-state index contributed by atoms with van der Waals surface area (Å²) in [5.41, 5.74) is 2.21. The van der Waals surface area contributed by atoms with Crippen molar-refractivity contribution in [2.75, 3.05) is 18.4 Å². The fourth-order valence-corrected chi connectivity index (χ4v) is 2.57. The summed E-state index contributed by atoms with van der Waals surface area (Å²) in [4.78, 5) is 16.3. The summed E-state index contributed by atoms with van der Waals surface area (Å²) in [6.45, 7) is 1.44. The molecule has 0 radical (unpaired) electrons. The van der Waals surface area contributed by atoms with Gasteiger partial charge >= 0.3 is 6.09 Å². The molecule has 2 heterocycles. The molecule has 0 atom stereocenters. The van der Waals surface area contributed by atoms with E-state index in [1.54, 1.807) is 24.3 Å². The third-order valence-electron chi connectivity index (χ3n) is 3.63. The Bertz CT molecular complexity index is 689. The lowest BCUT2D eigenvalue weighted by molar-refractivity contribution is 0.200. The summed E-state index contributed by atoms with van der Waals surface area (Å²) in [6.07, 6.45) is 2.39. The van der Waals surface area contributed by atoms with Crippen LogP contribution in [0.5, 0.6) is 5.75 Å². The van der Waals surface area contributed by atoms with Gasteiger partial charge in [-0.25, -0.2) is 9.78 Å². The number of rotatable bonds is 4. The van der Waals surface area contributed by atoms with Gasteiger partial charge in [0.15, 0.2) is 0 Å². The minimum atomic E-state index is -0.483. The van der Waals surface area contributed by atoms with Crippen LogP contribution in [0.25, 0.3) is 0 Å². The number of nitrogens with zero attached hydrogens (tertiary/aromatic N) is 1. The van der Waals surface area contributed by atoms with E-state index in [0.29, 0.717) is 23.7 Å². The van der Waals surface area contributed by atoms with Gasteiger partial charge in [0, 0.05) is 30.2 Å². The number of anilines is 1. The smallest absolute Gasteiger partial charge is 0.410 e. The summed E-state index contributed by atoms with van der Waals surface area (Å²) in [6, 6.07) is 10.8. The van der Waals surface area contributed by atoms with Crippen molar-refractivity contribution in [3.05, 3.63) is 52.7 Å². The second-order valence-corrected chi connectivity index (χ2v) is 5.80. The molecule has 1 aliphatic rings. The van der Waals surface area contributed by atoms with Crippen LogP contribution in [-0.4, -0.2) is 24.2 Å². The Kier molecular flexibility index (Phi) is 4.98. The molecule has 1 aliphatic heterocycles. The normalized spacial score (nSPS) is 12.9. The first-order valence-electron chi connectivity index (χ1n) is 7.64. The Labute approximate surface area is 140 Å². The van der Waals surface area contributed by atoms with Gasteiger partial charge in [-0.05, 0) is 48.7 Å². The molecule has 2 aromatic rings. The maximum Gasteiger partial charge on any atom is 0.412 e. The van der Waals surface area contributed by atoms with Crippen LogP contribution in [0, 0.1) is 0 Å². The first kappa shape index (κ1) is 15.6. The summed E-state index contributed by atoms with van der Waals surface area (Å²) < 4.78 is 5.16. The van der Waals surface area contributed by atoms with Gasteiger partial charge in [-0.15, -0.1) is 0 Å². The van der Waals surface area contributed by atoms with Crippen molar-refractivity contribution in [3.63, 3.8) is 0 Å². The number of aromatic nitrogens is 1. The van der Waals surface area contributed by atoms with Crippen molar-refractivity contribution in [1.82, 2.24) is 10.3 Å². The SMILES string of the molecule is O=C(NCCc1ccc2c(n1)NCCC2)Oc1ccc(Cl)cc1. The van der Waals surface area contributed by atoms with Crippen LogP contribution in [0.1, 0.15) is 17.7 Å². The van der Waals surface area contributed by atoms with Crippen molar-refractivity contribution in [1.29, 1.82) is 0 Å². The van der Waals surface area contributed by atoms with Crippen LogP contribution in [-0.2, 0) is 12.8 Å². The number of carbonyl (C=O) groups is 1. The largest absolute Gasteiger partial charge is 0.412 e. The van der Waals surface area contributed by atoms with Gasteiger partial charge in [-0.1, -0.05) is 17.7 Å². The zero-order chi connectivity index (χ0) is 16.1. The van der Waals surface area contributed by atoms with Gasteiger partial charge < -0.3 is 15.4 Å². The van der Waals surface area contributed by atoms with E-state index in [2.05, 4.69) is 21.7 Å². The second-order valence-electron chi connectivity index (χ2n) is 5.36. The molecule has 6 heteroatoms. The van der Waals surface area contributed by atoms with Crippen LogP contribution in [0.3, 0.4) is 0 Å². The van der Waals surface area contributed by atoms with Crippen LogP contribution >= 0.6 is 11.6 Å². The molecule has 0 unspecified atom stereocenters. The van der Waals surface area contributed by atoms with E-state index >= 15 is 0 Å². The molecule has 2 N–H and O–H groups in total. The molecule has 23 heavy (non-hydrogen) atoms. The lowest BCUT2D eigenvalue weighted by Crippen LogP contribution is -2.29. The standard InChI is InChI=1S/C17H18ClN3O2/c18-13-4-7-15(8-5-13)23-17(22)20-11-9-14-6-3-12-2-1-10-19-16(12)21-14/h3-8H,1-2,9-11H2,(H,19,21)(H,20,22). The van der Waals surface area contributed by atoms with E-state index in [0.717, 1.165) is 30.9 Å². The van der Waals surface area contributed by atoms with E-state index in [-0.39, 0.29) is 0 Å². The third kappa shape index (κ3) is 4.36. The number of benzene rings is 1. The monoisotopic (exact) mass is 331 g/mol. The number of nitrogens with one attached hydrogen (secondary N) is 2. The van der Waals surface area contributed by atoms with Crippen molar-refractivity contribution < 1.29 is 9.53 Å². The molecule has 1 aromatic heterocycles. The summed E-state index contributed by atoms with van der Waals surface area (Å²) in [7, 11) is 0. The zero-order valence-electron chi connectivity index (χ0n) is 12.6. The van der Waals surface area contributed by atoms with Crippen LogP contribution in [0.2, 0.25) is 5.02 Å². The number of halogens is 1. The molecule has 120 valence electrons. The number of hydrogen-bond donors (Lipinski definition) is 2. The highest BCUT2D eigenvalue weighted by atomic mass is 35.5. The predicted molar refractivity (Wildman–Crippen MR) is 90.2 cm³/mol. The molecule has 0 aliphatic carbocycles. The first-order valence-corrected chi connectivity index (χ1v) is 8.02. The minimum Gasteiger partial charge on any atom is -0.410 e. The highest BCUT2D eigenvalue weighted by molar-refractivity contribution is 6.30. The highest BCUT2D eigenvalue weighted by Crippen LogP contribution is 2.19. The van der Waals surface area contributed by atoms with E-state index in [1.165, 1.54) is 5.56 Å². The number of fused-ring (bicyclic) bond motifs is 1. The lowest BCUT2D eigenvalue weighted by Gasteiger charge is -2.17. The number of amides is 1. The summed E-state index contributed by atoms with van der Waals surface area (Å²) in [5.74, 6) is 1.43. The maximum absolute atomic E-state index is 11.7. The van der Waals surface area contributed by atoms with Gasteiger partial charge in [0.25, 0.3) is 0 Å². The van der Waals surface area contributed by atoms with Crippen molar-refractivity contribution in [2.45, 2.75) is 19.3 Å². The van der Waals surface area contributed by atoms with Crippen molar-refractivity contribution in [3.8, 4) is 5.75 Å². The average molecular weight is 332 g/mol. The molecule has 0 spiro atoms. The Hall–Kier alpha value is -2.27. The topological polar surface area (TPSA) is 63.2 Å². The number of hydrogen-bond acceptors (Lipinski definition) is 4. The van der Waals surface area contributed by atoms with Gasteiger partial charge in [-0.2, -0.15) is 0 Å². The van der Waals surface area contributed by atoms with Gasteiger partial charge in [0.05, 0.1) is 0 Å². The molecule has 0 bridgehead atoms. The average Bonchev–Trinajstić information content (AvgIpc) is 2.57. The number of carbonyl (C=O) groups excluding carboxylic acids is 1. The molecule has 0 saturated carbocycles. The van der Waals surface area contributed by atoms with E-state index in [1.807, 2.05) is 6.07 Å². The molecule has 5 nitrogen and oxygen atoms in total. The fourth-order valence-electron chi connectivity index (χ4n) is 2.45. The molecule has 0 fully saturated rings. The summed E-state index contributed by atoms with van der Waals surface area (Å²) in [5, 5.41) is 6.63. The molecule has 0 saturated heterocycles. The highest BCUT2D eigenvalue weighted by Gasteiger charge is 2.10. The minimum absolute atomic E-state index is 0.461. The Balaban J connectivity index is 1.47. The van der Waals surface area contributed by atoms with Crippen LogP contribution in [0.4, 0.5) is 10.6 Å². The molecular weight excluding hydrogens is 314 g/mol. The molecule has 1 aromatic carbocycles.